The van der Waals surface area contributed by atoms with Gasteiger partial charge in [-0.05, 0) is 0 Å². The van der Waals surface area contributed by atoms with Crippen molar-refractivity contribution in [1.29, 1.82) is 0 Å². The van der Waals surface area contributed by atoms with Gasteiger partial charge in [0, 0.05) is 0 Å². The van der Waals surface area contributed by atoms with Crippen LogP contribution in [0.15, 0.2) is 0 Å². The molecule has 4 nitrogen and oxygen atoms in total. The SMILES string of the molecule is CN(C)[PH](N)(N(C)C)N(C)C. The Morgan fingerprint density at radius 3 is 0.909 bits per heavy atom. The van der Waals surface area contributed by atoms with Gasteiger partial charge in [0.1, 0.15) is 0 Å². The molecule has 0 aromatic heterocycles. The summed E-state index contributed by atoms with van der Waals surface area (Å²) in [4.78, 5) is 0. The van der Waals surface area contributed by atoms with E-state index in [9.17, 15) is 0 Å². The van der Waals surface area contributed by atoms with Crippen molar-refractivity contribution < 1.29 is 0 Å². The van der Waals surface area contributed by atoms with Crippen molar-refractivity contribution >= 4 is 7.87 Å². The molecule has 0 amide bonds. The number of rotatable bonds is 3. The summed E-state index contributed by atoms with van der Waals surface area (Å²) >= 11 is 0. The molecule has 0 saturated heterocycles. The van der Waals surface area contributed by atoms with Crippen molar-refractivity contribution in [2.75, 3.05) is 42.3 Å². The predicted octanol–water partition coefficient (Wildman–Crippen LogP) is 0.0398. The molecule has 70 valence electrons. The summed E-state index contributed by atoms with van der Waals surface area (Å²) in [7, 11) is 10.1. The zero-order valence-corrected chi connectivity index (χ0v) is 9.42. The van der Waals surface area contributed by atoms with E-state index in [-0.39, 0.29) is 0 Å². The van der Waals surface area contributed by atoms with E-state index < -0.39 is 7.87 Å². The molecule has 0 fully saturated rings. The van der Waals surface area contributed by atoms with Gasteiger partial charge in [0.2, 0.25) is 0 Å². The zero-order valence-electron chi connectivity index (χ0n) is 8.42. The molecule has 0 aromatic carbocycles. The summed E-state index contributed by atoms with van der Waals surface area (Å²) in [6.07, 6.45) is 0. The van der Waals surface area contributed by atoms with E-state index in [0.29, 0.717) is 0 Å². The number of nitrogens with zero attached hydrogens (tertiary/aromatic N) is 3. The third kappa shape index (κ3) is 2.10. The molecule has 0 saturated carbocycles. The maximum atomic E-state index is 6.24. The monoisotopic (exact) mass is 180 g/mol. The van der Waals surface area contributed by atoms with Gasteiger partial charge in [-0.1, -0.05) is 0 Å². The second-order valence-electron chi connectivity index (χ2n) is 3.37. The molecule has 0 heterocycles. The fourth-order valence-electron chi connectivity index (χ4n) is 1.20. The molecule has 0 aromatic rings. The number of hydrogen-bond donors (Lipinski definition) is 1. The molecule has 0 aliphatic carbocycles. The molecule has 0 aliphatic rings. The Morgan fingerprint density at radius 1 is 0.727 bits per heavy atom. The van der Waals surface area contributed by atoms with Crippen molar-refractivity contribution in [3.63, 3.8) is 0 Å². The summed E-state index contributed by atoms with van der Waals surface area (Å²) in [6, 6.07) is 0. The van der Waals surface area contributed by atoms with Crippen LogP contribution in [0.25, 0.3) is 0 Å². The van der Waals surface area contributed by atoms with Gasteiger partial charge in [0.15, 0.2) is 0 Å². The van der Waals surface area contributed by atoms with Gasteiger partial charge < -0.3 is 0 Å². The first-order valence-corrected chi connectivity index (χ1v) is 5.56. The van der Waals surface area contributed by atoms with Gasteiger partial charge in [-0.3, -0.25) is 0 Å². The van der Waals surface area contributed by atoms with Crippen LogP contribution in [0.1, 0.15) is 0 Å². The Labute approximate surface area is 70.5 Å². The summed E-state index contributed by atoms with van der Waals surface area (Å²) in [5.74, 6) is 0. The first kappa shape index (κ1) is 11.3. The molecule has 11 heavy (non-hydrogen) atoms. The number of hydrogen-bond acceptors (Lipinski definition) is 4. The summed E-state index contributed by atoms with van der Waals surface area (Å²) in [6.45, 7) is 0. The zero-order chi connectivity index (χ0) is 9.23. The molecule has 0 rings (SSSR count). The Hall–Kier alpha value is 0.270. The minimum absolute atomic E-state index is 1.98. The molecule has 2 N–H and O–H groups in total. The van der Waals surface area contributed by atoms with E-state index in [2.05, 4.69) is 14.0 Å². The van der Waals surface area contributed by atoms with Crippen molar-refractivity contribution in [3.8, 4) is 0 Å². The third-order valence-electron chi connectivity index (χ3n) is 1.97. The van der Waals surface area contributed by atoms with Crippen molar-refractivity contribution in [2.45, 2.75) is 0 Å². The summed E-state index contributed by atoms with van der Waals surface area (Å²) in [5, 5.41) is 0. The Kier molecular flexibility index (Phi) is 3.88. The average molecular weight is 180 g/mol. The minimum atomic E-state index is -1.98. The summed E-state index contributed by atoms with van der Waals surface area (Å²) in [5.41, 5.74) is 6.24. The molecule has 0 unspecified atom stereocenters. The van der Waals surface area contributed by atoms with E-state index >= 15 is 0 Å². The van der Waals surface area contributed by atoms with E-state index in [1.165, 1.54) is 0 Å². The van der Waals surface area contributed by atoms with Crippen molar-refractivity contribution in [2.24, 2.45) is 5.50 Å². The van der Waals surface area contributed by atoms with Crippen LogP contribution in [0.4, 0.5) is 0 Å². The second kappa shape index (κ2) is 3.78. The van der Waals surface area contributed by atoms with Gasteiger partial charge in [0.05, 0.1) is 0 Å². The molecule has 5 heteroatoms. The first-order chi connectivity index (χ1) is 4.83. The Balaban J connectivity index is 4.53. The quantitative estimate of drug-likeness (QED) is 0.622. The van der Waals surface area contributed by atoms with Crippen LogP contribution >= 0.6 is 7.87 Å². The third-order valence-corrected chi connectivity index (χ3v) is 5.92. The first-order valence-electron chi connectivity index (χ1n) is 3.64. The van der Waals surface area contributed by atoms with E-state index in [4.69, 9.17) is 5.50 Å². The second-order valence-corrected chi connectivity index (χ2v) is 7.43. The van der Waals surface area contributed by atoms with Crippen LogP contribution in [0.2, 0.25) is 0 Å². The molecule has 0 spiro atoms. The standard InChI is InChI=1S/C6H21N4P/c1-8(2)11(7,9(3)4)10(5)6/h11H,7H2,1-6H3. The van der Waals surface area contributed by atoms with E-state index in [0.717, 1.165) is 0 Å². The Bertz CT molecular complexity index is 102. The van der Waals surface area contributed by atoms with Crippen LogP contribution in [0, 0.1) is 0 Å². The van der Waals surface area contributed by atoms with Gasteiger partial charge in [-0.25, -0.2) is 0 Å². The molecule has 0 bridgehead atoms. The fraction of sp³-hybridized carbons (Fsp3) is 1.00. The van der Waals surface area contributed by atoms with Gasteiger partial charge in [0.25, 0.3) is 0 Å². The van der Waals surface area contributed by atoms with Gasteiger partial charge in [-0.15, -0.1) is 0 Å². The van der Waals surface area contributed by atoms with Crippen LogP contribution in [-0.4, -0.2) is 56.3 Å². The van der Waals surface area contributed by atoms with Crippen LogP contribution in [-0.2, 0) is 0 Å². The van der Waals surface area contributed by atoms with Crippen molar-refractivity contribution in [1.82, 2.24) is 14.0 Å². The molecule has 0 atom stereocenters. The van der Waals surface area contributed by atoms with Crippen LogP contribution < -0.4 is 5.50 Å². The van der Waals surface area contributed by atoms with E-state index in [1.54, 1.807) is 0 Å². The Morgan fingerprint density at radius 2 is 0.909 bits per heavy atom. The van der Waals surface area contributed by atoms with Gasteiger partial charge >= 0.3 is 69.7 Å². The van der Waals surface area contributed by atoms with Crippen LogP contribution in [0.3, 0.4) is 0 Å². The number of nitrogens with two attached hydrogens (primary N) is 1. The maximum absolute atomic E-state index is 6.24. The van der Waals surface area contributed by atoms with Crippen LogP contribution in [0.5, 0.6) is 0 Å². The molecule has 0 aliphatic heterocycles. The topological polar surface area (TPSA) is 35.7 Å². The molecule has 0 radical (unpaired) electrons. The van der Waals surface area contributed by atoms with Gasteiger partial charge in [-0.2, -0.15) is 0 Å². The normalized spacial score (nSPS) is 15.1. The predicted molar refractivity (Wildman–Crippen MR) is 53.6 cm³/mol. The van der Waals surface area contributed by atoms with Crippen molar-refractivity contribution in [3.05, 3.63) is 0 Å². The summed E-state index contributed by atoms with van der Waals surface area (Å²) < 4.78 is 6.31. The average Bonchev–Trinajstić information content (AvgIpc) is 1.84. The molecular weight excluding hydrogens is 159 g/mol. The molecular formula is C6H21N4P. The fourth-order valence-corrected chi connectivity index (χ4v) is 3.60. The van der Waals surface area contributed by atoms with E-state index in [1.807, 2.05) is 42.3 Å².